The van der Waals surface area contributed by atoms with Crippen molar-refractivity contribution in [2.75, 3.05) is 13.2 Å². The van der Waals surface area contributed by atoms with Crippen LogP contribution in [0.2, 0.25) is 0 Å². The van der Waals surface area contributed by atoms with Crippen molar-refractivity contribution in [2.24, 2.45) is 0 Å². The van der Waals surface area contributed by atoms with Crippen LogP contribution in [0, 0.1) is 5.82 Å². The molecular weight excluding hydrogens is 476 g/mol. The van der Waals surface area contributed by atoms with Crippen molar-refractivity contribution >= 4 is 6.09 Å². The maximum absolute atomic E-state index is 13.5. The van der Waals surface area contributed by atoms with Crippen LogP contribution in [0.5, 0.6) is 0 Å². The smallest absolute Gasteiger partial charge is 0.433 e. The molecule has 36 heavy (non-hydrogen) atoms. The van der Waals surface area contributed by atoms with Crippen LogP contribution in [-0.4, -0.2) is 34.2 Å². The lowest BCUT2D eigenvalue weighted by molar-refractivity contribution is -0.141. The summed E-state index contributed by atoms with van der Waals surface area (Å²) in [6.07, 6.45) is -2.49. The van der Waals surface area contributed by atoms with Gasteiger partial charge in [0.25, 0.3) is 0 Å². The Bertz CT molecular complexity index is 1180. The maximum Gasteiger partial charge on any atom is 0.433 e. The zero-order valence-corrected chi connectivity index (χ0v) is 19.6. The number of nitrogens with zero attached hydrogens (tertiary/aromatic N) is 2. The van der Waals surface area contributed by atoms with E-state index in [-0.39, 0.29) is 18.5 Å². The van der Waals surface area contributed by atoms with Crippen LogP contribution < -0.4 is 0 Å². The van der Waals surface area contributed by atoms with Gasteiger partial charge in [-0.05, 0) is 54.7 Å². The molecule has 1 amide bonds. The fraction of sp³-hybridized carbons (Fsp3) is 0.333. The summed E-state index contributed by atoms with van der Waals surface area (Å²) >= 11 is 0. The van der Waals surface area contributed by atoms with Crippen LogP contribution in [0.1, 0.15) is 49.0 Å². The Morgan fingerprint density at radius 2 is 1.72 bits per heavy atom. The predicted molar refractivity (Wildman–Crippen MR) is 125 cm³/mol. The molecule has 190 valence electrons. The number of carbonyl (C=O) groups excluding carboxylic acids is 1. The molecule has 0 saturated carbocycles. The number of rotatable bonds is 7. The molecule has 2 atom stereocenters. The SMILES string of the molecule is CC(c1ccc(-c2ccc(C(F)(F)F)nc2)cc1)N1CCC(CCCO)(c2ccc(F)cc2)OC1=O. The molecule has 2 aromatic carbocycles. The number of pyridine rings is 1. The van der Waals surface area contributed by atoms with Gasteiger partial charge in [-0.25, -0.2) is 9.18 Å². The molecule has 4 rings (SSSR count). The third-order valence-corrected chi connectivity index (χ3v) is 6.63. The van der Waals surface area contributed by atoms with Gasteiger partial charge in [-0.15, -0.1) is 0 Å². The van der Waals surface area contributed by atoms with E-state index in [9.17, 15) is 27.5 Å². The van der Waals surface area contributed by atoms with Crippen molar-refractivity contribution in [1.82, 2.24) is 9.88 Å². The van der Waals surface area contributed by atoms with Crippen LogP contribution in [0.25, 0.3) is 11.1 Å². The number of amides is 1. The van der Waals surface area contributed by atoms with Crippen molar-refractivity contribution < 1.29 is 32.2 Å². The first-order valence-corrected chi connectivity index (χ1v) is 11.6. The predicted octanol–water partition coefficient (Wildman–Crippen LogP) is 6.48. The third kappa shape index (κ3) is 5.36. The number of ether oxygens (including phenoxy) is 1. The van der Waals surface area contributed by atoms with Crippen LogP contribution in [0.4, 0.5) is 22.4 Å². The number of halogens is 4. The lowest BCUT2D eigenvalue weighted by Gasteiger charge is -2.43. The Hall–Kier alpha value is -3.46. The van der Waals surface area contributed by atoms with Gasteiger partial charge in [0.05, 0.1) is 6.04 Å². The van der Waals surface area contributed by atoms with Gasteiger partial charge in [0.2, 0.25) is 0 Å². The Labute approximate surface area is 206 Å². The summed E-state index contributed by atoms with van der Waals surface area (Å²) in [5.74, 6) is -0.385. The fourth-order valence-corrected chi connectivity index (χ4v) is 4.53. The molecule has 0 spiro atoms. The maximum atomic E-state index is 13.5. The molecule has 1 N–H and O–H groups in total. The summed E-state index contributed by atoms with van der Waals surface area (Å²) < 4.78 is 57.7. The zero-order valence-electron chi connectivity index (χ0n) is 19.6. The number of aliphatic hydroxyl groups excluding tert-OH is 1. The van der Waals surface area contributed by atoms with E-state index in [2.05, 4.69) is 4.98 Å². The Morgan fingerprint density at radius 3 is 2.28 bits per heavy atom. The van der Waals surface area contributed by atoms with Gasteiger partial charge < -0.3 is 14.7 Å². The second kappa shape index (κ2) is 10.3. The van der Waals surface area contributed by atoms with Gasteiger partial charge in [0.1, 0.15) is 17.1 Å². The summed E-state index contributed by atoms with van der Waals surface area (Å²) in [5, 5.41) is 9.35. The highest BCUT2D eigenvalue weighted by atomic mass is 19.4. The average molecular weight is 503 g/mol. The number of hydrogen-bond donors (Lipinski definition) is 1. The second-order valence-corrected chi connectivity index (χ2v) is 8.87. The highest BCUT2D eigenvalue weighted by molar-refractivity contribution is 5.70. The number of benzene rings is 2. The quantitative estimate of drug-likeness (QED) is 0.376. The zero-order chi connectivity index (χ0) is 25.9. The lowest BCUT2D eigenvalue weighted by Crippen LogP contribution is -2.48. The summed E-state index contributed by atoms with van der Waals surface area (Å²) in [6, 6.07) is 15.0. The summed E-state index contributed by atoms with van der Waals surface area (Å²) in [4.78, 5) is 18.2. The minimum absolute atomic E-state index is 0.0542. The molecule has 1 fully saturated rings. The summed E-state index contributed by atoms with van der Waals surface area (Å²) in [6.45, 7) is 2.21. The molecule has 1 aliphatic rings. The molecule has 2 heterocycles. The van der Waals surface area contributed by atoms with Gasteiger partial charge >= 0.3 is 12.3 Å². The number of aliphatic hydroxyl groups is 1. The van der Waals surface area contributed by atoms with Crippen LogP contribution in [0.15, 0.2) is 66.9 Å². The van der Waals surface area contributed by atoms with E-state index >= 15 is 0 Å². The monoisotopic (exact) mass is 502 g/mol. The molecule has 0 radical (unpaired) electrons. The number of cyclic esters (lactones) is 1. The molecular formula is C27H26F4N2O3. The van der Waals surface area contributed by atoms with E-state index in [0.717, 1.165) is 11.6 Å². The molecule has 1 aromatic heterocycles. The number of hydrogen-bond acceptors (Lipinski definition) is 4. The van der Waals surface area contributed by atoms with Gasteiger partial charge in [-0.1, -0.05) is 42.5 Å². The van der Waals surface area contributed by atoms with E-state index in [1.54, 1.807) is 29.2 Å². The molecule has 2 unspecified atom stereocenters. The lowest BCUT2D eigenvalue weighted by atomic mass is 9.84. The Kier molecular flexibility index (Phi) is 7.31. The minimum Gasteiger partial charge on any atom is -0.438 e. The van der Waals surface area contributed by atoms with Crippen LogP contribution in [0.3, 0.4) is 0 Å². The van der Waals surface area contributed by atoms with Crippen molar-refractivity contribution in [3.05, 3.63) is 89.5 Å². The van der Waals surface area contributed by atoms with E-state index in [1.165, 1.54) is 24.4 Å². The van der Waals surface area contributed by atoms with E-state index in [4.69, 9.17) is 4.74 Å². The highest BCUT2D eigenvalue weighted by Gasteiger charge is 2.43. The van der Waals surface area contributed by atoms with Gasteiger partial charge in [-0.3, -0.25) is 4.98 Å². The van der Waals surface area contributed by atoms with Gasteiger partial charge in [-0.2, -0.15) is 13.2 Å². The van der Waals surface area contributed by atoms with E-state index in [0.29, 0.717) is 42.5 Å². The number of aromatic nitrogens is 1. The normalized spacial score (nSPS) is 19.2. The van der Waals surface area contributed by atoms with E-state index < -0.39 is 23.6 Å². The summed E-state index contributed by atoms with van der Waals surface area (Å²) in [7, 11) is 0. The minimum atomic E-state index is -4.49. The largest absolute Gasteiger partial charge is 0.438 e. The van der Waals surface area contributed by atoms with Crippen LogP contribution in [-0.2, 0) is 16.5 Å². The van der Waals surface area contributed by atoms with Crippen LogP contribution >= 0.6 is 0 Å². The molecule has 9 heteroatoms. The van der Waals surface area contributed by atoms with Gasteiger partial charge in [0.15, 0.2) is 0 Å². The second-order valence-electron chi connectivity index (χ2n) is 8.87. The molecule has 3 aromatic rings. The first kappa shape index (κ1) is 25.6. The Morgan fingerprint density at radius 1 is 1.06 bits per heavy atom. The Balaban J connectivity index is 1.49. The van der Waals surface area contributed by atoms with Crippen molar-refractivity contribution in [2.45, 2.75) is 44.0 Å². The third-order valence-electron chi connectivity index (χ3n) is 6.63. The fourth-order valence-electron chi connectivity index (χ4n) is 4.53. The molecule has 1 saturated heterocycles. The molecule has 0 bridgehead atoms. The first-order valence-electron chi connectivity index (χ1n) is 11.6. The highest BCUT2D eigenvalue weighted by Crippen LogP contribution is 2.40. The van der Waals surface area contributed by atoms with Crippen molar-refractivity contribution in [1.29, 1.82) is 0 Å². The number of alkyl halides is 3. The molecule has 0 aliphatic carbocycles. The van der Waals surface area contributed by atoms with Crippen molar-refractivity contribution in [3.8, 4) is 11.1 Å². The van der Waals surface area contributed by atoms with Crippen molar-refractivity contribution in [3.63, 3.8) is 0 Å². The molecule has 1 aliphatic heterocycles. The van der Waals surface area contributed by atoms with E-state index in [1.807, 2.05) is 19.1 Å². The average Bonchev–Trinajstić information content (AvgIpc) is 2.87. The standard InChI is InChI=1S/C27H26F4N2O3/c1-18(19-3-5-20(6-4-19)21-7-12-24(32-17-21)27(29,30)31)33-15-14-26(13-2-16-34,36-25(33)35)22-8-10-23(28)11-9-22/h3-12,17-18,34H,2,13-16H2,1H3. The summed E-state index contributed by atoms with van der Waals surface area (Å²) in [5.41, 5.74) is 0.882. The topological polar surface area (TPSA) is 62.7 Å². The first-order chi connectivity index (χ1) is 17.1. The molecule has 5 nitrogen and oxygen atoms in total. The number of carbonyl (C=O) groups is 1. The van der Waals surface area contributed by atoms with Gasteiger partial charge in [0, 0.05) is 31.3 Å².